The zero-order valence-corrected chi connectivity index (χ0v) is 16.2. The number of nitrogens with one attached hydrogen (secondary N) is 1. The van der Waals surface area contributed by atoms with Crippen LogP contribution in [-0.2, 0) is 0 Å². The topological polar surface area (TPSA) is 50.2 Å². The van der Waals surface area contributed by atoms with Gasteiger partial charge in [0.25, 0.3) is 5.91 Å². The van der Waals surface area contributed by atoms with Crippen LogP contribution in [0, 0.1) is 0 Å². The van der Waals surface area contributed by atoms with Crippen molar-refractivity contribution in [2.24, 2.45) is 0 Å². The number of amides is 1. The molecule has 1 aliphatic rings. The van der Waals surface area contributed by atoms with Crippen molar-refractivity contribution in [3.8, 4) is 5.69 Å². The van der Waals surface area contributed by atoms with Crippen molar-refractivity contribution >= 4 is 38.3 Å². The molecule has 0 saturated carbocycles. The molecule has 1 aliphatic heterocycles. The van der Waals surface area contributed by atoms with Gasteiger partial charge < -0.3 is 14.8 Å². The van der Waals surface area contributed by atoms with E-state index in [4.69, 9.17) is 4.98 Å². The first-order valence-electron chi connectivity index (χ1n) is 9.47. The molecule has 1 fully saturated rings. The van der Waals surface area contributed by atoms with Crippen molar-refractivity contribution in [3.63, 3.8) is 0 Å². The van der Waals surface area contributed by atoms with Gasteiger partial charge in [-0.15, -0.1) is 0 Å². The lowest BCUT2D eigenvalue weighted by atomic mass is 10.2. The summed E-state index contributed by atoms with van der Waals surface area (Å²) in [5.74, 6) is -0.113. The van der Waals surface area contributed by atoms with Crippen molar-refractivity contribution in [2.45, 2.75) is 12.8 Å². The second kappa shape index (κ2) is 7.13. The van der Waals surface area contributed by atoms with Crippen molar-refractivity contribution in [1.29, 1.82) is 0 Å². The summed E-state index contributed by atoms with van der Waals surface area (Å²) >= 11 is 1.69. The van der Waals surface area contributed by atoms with Gasteiger partial charge in [-0.25, -0.2) is 4.98 Å². The normalized spacial score (nSPS) is 13.9. The Balaban J connectivity index is 1.37. The predicted molar refractivity (Wildman–Crippen MR) is 115 cm³/mol. The molecule has 2 aromatic carbocycles. The van der Waals surface area contributed by atoms with E-state index in [1.165, 1.54) is 12.8 Å². The maximum Gasteiger partial charge on any atom is 0.255 e. The standard InChI is InChI=1S/C22H20N4OS/c27-21(16-6-5-7-18(14-16)25-10-1-2-11-25)23-17-8-9-19-20(15-17)28-22(24-19)26-12-3-4-13-26/h1-2,5-11,14-15H,3-4,12-13H2,(H,23,27). The molecule has 4 aromatic rings. The fourth-order valence-corrected chi connectivity index (χ4v) is 4.61. The molecule has 0 spiro atoms. The summed E-state index contributed by atoms with van der Waals surface area (Å²) < 4.78 is 3.08. The molecule has 5 nitrogen and oxygen atoms in total. The van der Waals surface area contributed by atoms with Gasteiger partial charge in [0.15, 0.2) is 5.13 Å². The molecule has 1 saturated heterocycles. The molecule has 0 bridgehead atoms. The van der Waals surface area contributed by atoms with Crippen molar-refractivity contribution in [3.05, 3.63) is 72.6 Å². The molecule has 28 heavy (non-hydrogen) atoms. The van der Waals surface area contributed by atoms with Gasteiger partial charge in [-0.05, 0) is 61.4 Å². The number of fused-ring (bicyclic) bond motifs is 1. The Labute approximate surface area is 167 Å². The third-order valence-electron chi connectivity index (χ3n) is 5.02. The third kappa shape index (κ3) is 3.27. The molecule has 5 rings (SSSR count). The van der Waals surface area contributed by atoms with Crippen LogP contribution in [0.1, 0.15) is 23.2 Å². The van der Waals surface area contributed by atoms with Gasteiger partial charge >= 0.3 is 0 Å². The van der Waals surface area contributed by atoms with E-state index >= 15 is 0 Å². The smallest absolute Gasteiger partial charge is 0.255 e. The number of benzene rings is 2. The van der Waals surface area contributed by atoms with Crippen LogP contribution in [0.5, 0.6) is 0 Å². The minimum absolute atomic E-state index is 0.113. The van der Waals surface area contributed by atoms with E-state index in [2.05, 4.69) is 10.2 Å². The zero-order chi connectivity index (χ0) is 18.9. The fraction of sp³-hybridized carbons (Fsp3) is 0.182. The van der Waals surface area contributed by atoms with E-state index in [0.717, 1.165) is 39.8 Å². The maximum atomic E-state index is 12.7. The minimum Gasteiger partial charge on any atom is -0.348 e. The number of thiazole rings is 1. The summed E-state index contributed by atoms with van der Waals surface area (Å²) in [5, 5.41) is 4.10. The van der Waals surface area contributed by atoms with Gasteiger partial charge in [0.05, 0.1) is 10.2 Å². The summed E-state index contributed by atoms with van der Waals surface area (Å²) in [6, 6.07) is 17.5. The number of aromatic nitrogens is 2. The first kappa shape index (κ1) is 17.0. The number of hydrogen-bond donors (Lipinski definition) is 1. The molecular weight excluding hydrogens is 368 g/mol. The predicted octanol–water partition coefficient (Wildman–Crippen LogP) is 4.94. The van der Waals surface area contributed by atoms with Crippen molar-refractivity contribution in [2.75, 3.05) is 23.3 Å². The lowest BCUT2D eigenvalue weighted by Gasteiger charge is -2.11. The number of nitrogens with zero attached hydrogens (tertiary/aromatic N) is 3. The Morgan fingerprint density at radius 2 is 1.82 bits per heavy atom. The zero-order valence-electron chi connectivity index (χ0n) is 15.3. The van der Waals surface area contributed by atoms with Gasteiger partial charge in [0.1, 0.15) is 0 Å². The van der Waals surface area contributed by atoms with Crippen LogP contribution in [0.25, 0.3) is 15.9 Å². The Morgan fingerprint density at radius 3 is 2.64 bits per heavy atom. The van der Waals surface area contributed by atoms with E-state index in [1.54, 1.807) is 11.3 Å². The van der Waals surface area contributed by atoms with E-state index in [1.807, 2.05) is 71.6 Å². The molecule has 3 heterocycles. The van der Waals surface area contributed by atoms with E-state index in [0.29, 0.717) is 5.56 Å². The Kier molecular flexibility index (Phi) is 4.33. The molecule has 0 radical (unpaired) electrons. The Morgan fingerprint density at radius 1 is 1.00 bits per heavy atom. The second-order valence-electron chi connectivity index (χ2n) is 6.97. The van der Waals surface area contributed by atoms with Gasteiger partial charge in [0, 0.05) is 42.4 Å². The molecular formula is C22H20N4OS. The van der Waals surface area contributed by atoms with Gasteiger partial charge in [-0.3, -0.25) is 4.79 Å². The highest BCUT2D eigenvalue weighted by molar-refractivity contribution is 7.22. The molecule has 0 aliphatic carbocycles. The van der Waals surface area contributed by atoms with E-state index in [-0.39, 0.29) is 5.91 Å². The second-order valence-corrected chi connectivity index (χ2v) is 7.98. The average molecular weight is 388 g/mol. The molecule has 0 unspecified atom stereocenters. The highest BCUT2D eigenvalue weighted by Crippen LogP contribution is 2.32. The van der Waals surface area contributed by atoms with Gasteiger partial charge in [0.2, 0.25) is 0 Å². The average Bonchev–Trinajstić information content (AvgIpc) is 3.48. The van der Waals surface area contributed by atoms with Gasteiger partial charge in [-0.2, -0.15) is 0 Å². The first-order chi connectivity index (χ1) is 13.8. The summed E-state index contributed by atoms with van der Waals surface area (Å²) in [6.45, 7) is 2.17. The highest BCUT2D eigenvalue weighted by Gasteiger charge is 2.16. The van der Waals surface area contributed by atoms with E-state index < -0.39 is 0 Å². The lowest BCUT2D eigenvalue weighted by molar-refractivity contribution is 0.102. The number of carbonyl (C=O) groups excluding carboxylic acids is 1. The van der Waals surface area contributed by atoms with Crippen molar-refractivity contribution in [1.82, 2.24) is 9.55 Å². The third-order valence-corrected chi connectivity index (χ3v) is 6.10. The summed E-state index contributed by atoms with van der Waals surface area (Å²) in [5.41, 5.74) is 3.37. The number of anilines is 2. The van der Waals surface area contributed by atoms with Crippen molar-refractivity contribution < 1.29 is 4.79 Å². The van der Waals surface area contributed by atoms with Crippen LogP contribution < -0.4 is 10.2 Å². The molecule has 6 heteroatoms. The fourth-order valence-electron chi connectivity index (χ4n) is 3.55. The van der Waals surface area contributed by atoms with Crippen LogP contribution in [0.3, 0.4) is 0 Å². The quantitative estimate of drug-likeness (QED) is 0.539. The molecule has 1 amide bonds. The van der Waals surface area contributed by atoms with E-state index in [9.17, 15) is 4.79 Å². The Bertz CT molecular complexity index is 1130. The molecule has 1 N–H and O–H groups in total. The summed E-state index contributed by atoms with van der Waals surface area (Å²) in [7, 11) is 0. The SMILES string of the molecule is O=C(Nc1ccc2nc(N3CCCC3)sc2c1)c1cccc(-n2cccc2)c1. The molecule has 2 aromatic heterocycles. The summed E-state index contributed by atoms with van der Waals surface area (Å²) in [6.07, 6.45) is 6.40. The van der Waals surface area contributed by atoms with Crippen LogP contribution in [-0.4, -0.2) is 28.5 Å². The van der Waals surface area contributed by atoms with Crippen LogP contribution in [0.15, 0.2) is 67.0 Å². The van der Waals surface area contributed by atoms with Crippen LogP contribution in [0.2, 0.25) is 0 Å². The maximum absolute atomic E-state index is 12.7. The number of rotatable bonds is 4. The monoisotopic (exact) mass is 388 g/mol. The Hall–Kier alpha value is -3.12. The highest BCUT2D eigenvalue weighted by atomic mass is 32.1. The van der Waals surface area contributed by atoms with Crippen LogP contribution >= 0.6 is 11.3 Å². The lowest BCUT2D eigenvalue weighted by Crippen LogP contribution is -2.16. The largest absolute Gasteiger partial charge is 0.348 e. The first-order valence-corrected chi connectivity index (χ1v) is 10.3. The number of carbonyl (C=O) groups is 1. The number of hydrogen-bond acceptors (Lipinski definition) is 4. The van der Waals surface area contributed by atoms with Crippen LogP contribution in [0.4, 0.5) is 10.8 Å². The van der Waals surface area contributed by atoms with Gasteiger partial charge in [-0.1, -0.05) is 17.4 Å². The summed E-state index contributed by atoms with van der Waals surface area (Å²) in [4.78, 5) is 19.8. The minimum atomic E-state index is -0.113. The molecule has 140 valence electrons. The molecule has 0 atom stereocenters.